The van der Waals surface area contributed by atoms with Crippen molar-refractivity contribution in [1.29, 1.82) is 0 Å². The molecule has 2 aliphatic heterocycles. The van der Waals surface area contributed by atoms with E-state index in [0.717, 1.165) is 44.6 Å². The molecule has 6 nitrogen and oxygen atoms in total. The van der Waals surface area contributed by atoms with Gasteiger partial charge in [-0.2, -0.15) is 0 Å². The van der Waals surface area contributed by atoms with Crippen LogP contribution < -0.4 is 14.8 Å². The Hall–Kier alpha value is -2.57. The summed E-state index contributed by atoms with van der Waals surface area (Å²) in [7, 11) is 0. The lowest BCUT2D eigenvalue weighted by Gasteiger charge is -2.15. The van der Waals surface area contributed by atoms with Gasteiger partial charge in [0.15, 0.2) is 0 Å². The number of nitrogens with one attached hydrogen (secondary N) is 1. The van der Waals surface area contributed by atoms with Gasteiger partial charge in [-0.25, -0.2) is 0 Å². The quantitative estimate of drug-likeness (QED) is 0.728. The van der Waals surface area contributed by atoms with E-state index in [9.17, 15) is 4.79 Å². The molecule has 4 rings (SSSR count). The molecular formula is C23H27NO5. The van der Waals surface area contributed by atoms with Gasteiger partial charge in [0.05, 0.1) is 17.9 Å². The Morgan fingerprint density at radius 1 is 0.897 bits per heavy atom. The van der Waals surface area contributed by atoms with Gasteiger partial charge in [0.1, 0.15) is 24.7 Å². The Labute approximate surface area is 171 Å². The average molecular weight is 397 g/mol. The van der Waals surface area contributed by atoms with Crippen LogP contribution in [0.25, 0.3) is 0 Å². The van der Waals surface area contributed by atoms with Crippen LogP contribution in [0.4, 0.5) is 5.69 Å². The number of hydrogen-bond acceptors (Lipinski definition) is 5. The third-order valence-corrected chi connectivity index (χ3v) is 5.16. The second kappa shape index (κ2) is 9.76. The Morgan fingerprint density at radius 2 is 1.55 bits per heavy atom. The number of carbonyl (C=O) groups is 1. The van der Waals surface area contributed by atoms with Crippen LogP contribution in [0.1, 0.15) is 36.0 Å². The first-order valence-electron chi connectivity index (χ1n) is 10.3. The second-order valence-corrected chi connectivity index (χ2v) is 7.37. The minimum atomic E-state index is -0.191. The molecule has 0 aliphatic carbocycles. The molecule has 0 saturated carbocycles. The monoisotopic (exact) mass is 397 g/mol. The molecule has 1 N–H and O–H groups in total. The molecule has 0 spiro atoms. The highest BCUT2D eigenvalue weighted by molar-refractivity contribution is 6.05. The minimum Gasteiger partial charge on any atom is -0.491 e. The molecule has 6 heteroatoms. The van der Waals surface area contributed by atoms with Crippen LogP contribution in [0, 0.1) is 0 Å². The zero-order valence-corrected chi connectivity index (χ0v) is 16.5. The number of amides is 1. The van der Waals surface area contributed by atoms with E-state index >= 15 is 0 Å². The molecule has 2 aromatic carbocycles. The summed E-state index contributed by atoms with van der Waals surface area (Å²) in [4.78, 5) is 12.7. The Bertz CT molecular complexity index is 795. The third kappa shape index (κ3) is 5.49. The van der Waals surface area contributed by atoms with E-state index in [4.69, 9.17) is 18.9 Å². The van der Waals surface area contributed by atoms with Crippen molar-refractivity contribution in [3.63, 3.8) is 0 Å². The van der Waals surface area contributed by atoms with E-state index < -0.39 is 0 Å². The third-order valence-electron chi connectivity index (χ3n) is 5.16. The van der Waals surface area contributed by atoms with Gasteiger partial charge in [-0.1, -0.05) is 12.1 Å². The summed E-state index contributed by atoms with van der Waals surface area (Å²) in [6.07, 6.45) is 4.50. The maximum Gasteiger partial charge on any atom is 0.255 e. The van der Waals surface area contributed by atoms with Gasteiger partial charge < -0.3 is 24.3 Å². The lowest BCUT2D eigenvalue weighted by molar-refractivity contribution is 0.0679. The Kier molecular flexibility index (Phi) is 6.64. The number of ether oxygens (including phenoxy) is 4. The smallest absolute Gasteiger partial charge is 0.255 e. The molecule has 1 amide bonds. The molecule has 2 fully saturated rings. The Balaban J connectivity index is 1.32. The number of benzene rings is 2. The highest BCUT2D eigenvalue weighted by atomic mass is 16.5. The number of para-hydroxylation sites is 2. The normalized spacial score (nSPS) is 21.1. The van der Waals surface area contributed by atoms with Crippen molar-refractivity contribution in [3.05, 3.63) is 54.1 Å². The fourth-order valence-corrected chi connectivity index (χ4v) is 3.52. The first-order valence-corrected chi connectivity index (χ1v) is 10.3. The number of carbonyl (C=O) groups excluding carboxylic acids is 1. The van der Waals surface area contributed by atoms with Crippen LogP contribution in [0.5, 0.6) is 11.5 Å². The summed E-state index contributed by atoms with van der Waals surface area (Å²) in [5, 5.41) is 2.93. The van der Waals surface area contributed by atoms with Gasteiger partial charge in [0.2, 0.25) is 0 Å². The lowest BCUT2D eigenvalue weighted by Crippen LogP contribution is -2.18. The van der Waals surface area contributed by atoms with Crippen molar-refractivity contribution in [2.45, 2.75) is 37.9 Å². The standard InChI is InChI=1S/C23H27NO5/c25-23(17-9-11-18(12-10-17)28-15-19-5-3-13-26-19)24-21-7-1-2-8-22(21)29-16-20-6-4-14-27-20/h1-2,7-12,19-20H,3-6,13-16H2,(H,24,25). The minimum absolute atomic E-state index is 0.126. The maximum absolute atomic E-state index is 12.7. The zero-order valence-electron chi connectivity index (χ0n) is 16.5. The predicted octanol–water partition coefficient (Wildman–Crippen LogP) is 4.05. The van der Waals surface area contributed by atoms with Crippen molar-refractivity contribution in [2.75, 3.05) is 31.7 Å². The zero-order chi connectivity index (χ0) is 19.9. The molecule has 2 atom stereocenters. The summed E-state index contributed by atoms with van der Waals surface area (Å²) in [6, 6.07) is 14.6. The fourth-order valence-electron chi connectivity index (χ4n) is 3.52. The van der Waals surface area contributed by atoms with E-state index in [1.165, 1.54) is 0 Å². The van der Waals surface area contributed by atoms with Crippen LogP contribution in [0.3, 0.4) is 0 Å². The topological polar surface area (TPSA) is 66.0 Å². The lowest BCUT2D eigenvalue weighted by atomic mass is 10.2. The number of rotatable bonds is 8. The highest BCUT2D eigenvalue weighted by Gasteiger charge is 2.18. The van der Waals surface area contributed by atoms with E-state index in [-0.39, 0.29) is 18.1 Å². The summed E-state index contributed by atoms with van der Waals surface area (Å²) < 4.78 is 22.8. The largest absolute Gasteiger partial charge is 0.491 e. The summed E-state index contributed by atoms with van der Waals surface area (Å²) in [5.41, 5.74) is 1.21. The first-order chi connectivity index (χ1) is 14.3. The van der Waals surface area contributed by atoms with Crippen LogP contribution in [0.15, 0.2) is 48.5 Å². The van der Waals surface area contributed by atoms with Gasteiger partial charge in [-0.3, -0.25) is 4.79 Å². The molecule has 154 valence electrons. The van der Waals surface area contributed by atoms with Gasteiger partial charge in [-0.05, 0) is 62.1 Å². The van der Waals surface area contributed by atoms with Crippen molar-refractivity contribution in [1.82, 2.24) is 0 Å². The average Bonchev–Trinajstić information content (AvgIpc) is 3.46. The van der Waals surface area contributed by atoms with Gasteiger partial charge in [0.25, 0.3) is 5.91 Å². The van der Waals surface area contributed by atoms with Gasteiger partial charge in [0, 0.05) is 18.8 Å². The molecule has 2 saturated heterocycles. The molecule has 2 aliphatic rings. The van der Waals surface area contributed by atoms with Crippen molar-refractivity contribution < 1.29 is 23.7 Å². The summed E-state index contributed by atoms with van der Waals surface area (Å²) >= 11 is 0. The second-order valence-electron chi connectivity index (χ2n) is 7.37. The van der Waals surface area contributed by atoms with E-state index in [2.05, 4.69) is 5.32 Å². The molecule has 2 aromatic rings. The summed E-state index contributed by atoms with van der Waals surface area (Å²) in [5.74, 6) is 1.19. The van der Waals surface area contributed by atoms with Crippen LogP contribution in [-0.2, 0) is 9.47 Å². The molecule has 0 aromatic heterocycles. The molecule has 0 radical (unpaired) electrons. The van der Waals surface area contributed by atoms with Crippen LogP contribution >= 0.6 is 0 Å². The van der Waals surface area contributed by atoms with Crippen molar-refractivity contribution in [3.8, 4) is 11.5 Å². The van der Waals surface area contributed by atoms with Crippen LogP contribution in [0.2, 0.25) is 0 Å². The van der Waals surface area contributed by atoms with E-state index in [0.29, 0.717) is 30.2 Å². The van der Waals surface area contributed by atoms with Crippen molar-refractivity contribution >= 4 is 11.6 Å². The SMILES string of the molecule is O=C(Nc1ccccc1OCC1CCCO1)c1ccc(OCC2CCCO2)cc1. The molecule has 2 heterocycles. The van der Waals surface area contributed by atoms with Crippen LogP contribution in [-0.4, -0.2) is 44.5 Å². The first kappa shape index (κ1) is 19.7. The predicted molar refractivity (Wildman–Crippen MR) is 110 cm³/mol. The molecule has 2 unspecified atom stereocenters. The Morgan fingerprint density at radius 3 is 2.21 bits per heavy atom. The number of anilines is 1. The molecule has 0 bridgehead atoms. The summed E-state index contributed by atoms with van der Waals surface area (Å²) in [6.45, 7) is 2.64. The molecule has 29 heavy (non-hydrogen) atoms. The van der Waals surface area contributed by atoms with E-state index in [1.54, 1.807) is 12.1 Å². The highest BCUT2D eigenvalue weighted by Crippen LogP contribution is 2.26. The molecular weight excluding hydrogens is 370 g/mol. The van der Waals surface area contributed by atoms with E-state index in [1.807, 2.05) is 36.4 Å². The van der Waals surface area contributed by atoms with Crippen molar-refractivity contribution in [2.24, 2.45) is 0 Å². The fraction of sp³-hybridized carbons (Fsp3) is 0.435. The van der Waals surface area contributed by atoms with Gasteiger partial charge >= 0.3 is 0 Å². The number of hydrogen-bond donors (Lipinski definition) is 1. The maximum atomic E-state index is 12.7. The van der Waals surface area contributed by atoms with Gasteiger partial charge in [-0.15, -0.1) is 0 Å².